The molecular formula is C17H22N2O2. The van der Waals surface area contributed by atoms with Crippen molar-refractivity contribution in [3.05, 3.63) is 36.0 Å². The molecule has 112 valence electrons. The minimum Gasteiger partial charge on any atom is -0.381 e. The SMILES string of the molecule is COC1CCC(NC(=O)CCc2c[nH]c3ccccc23)C1. The van der Waals surface area contributed by atoms with Gasteiger partial charge in [-0.15, -0.1) is 0 Å². The van der Waals surface area contributed by atoms with Crippen LogP contribution in [0.2, 0.25) is 0 Å². The van der Waals surface area contributed by atoms with E-state index in [4.69, 9.17) is 4.74 Å². The molecule has 21 heavy (non-hydrogen) atoms. The molecule has 0 radical (unpaired) electrons. The molecule has 1 amide bonds. The Kier molecular flexibility index (Phi) is 4.25. The van der Waals surface area contributed by atoms with Gasteiger partial charge in [0.05, 0.1) is 6.10 Å². The summed E-state index contributed by atoms with van der Waals surface area (Å²) in [6, 6.07) is 8.48. The highest BCUT2D eigenvalue weighted by molar-refractivity contribution is 5.84. The maximum Gasteiger partial charge on any atom is 0.220 e. The quantitative estimate of drug-likeness (QED) is 0.888. The highest BCUT2D eigenvalue weighted by atomic mass is 16.5. The van der Waals surface area contributed by atoms with Crippen molar-refractivity contribution >= 4 is 16.8 Å². The smallest absolute Gasteiger partial charge is 0.220 e. The van der Waals surface area contributed by atoms with Crippen LogP contribution in [-0.2, 0) is 16.0 Å². The summed E-state index contributed by atoms with van der Waals surface area (Å²) in [6.07, 6.45) is 6.64. The number of aryl methyl sites for hydroxylation is 1. The molecule has 0 bridgehead atoms. The van der Waals surface area contributed by atoms with E-state index in [1.54, 1.807) is 7.11 Å². The number of hydrogen-bond acceptors (Lipinski definition) is 2. The van der Waals surface area contributed by atoms with Gasteiger partial charge in [0.2, 0.25) is 5.91 Å². The normalized spacial score (nSPS) is 21.8. The summed E-state index contributed by atoms with van der Waals surface area (Å²) in [4.78, 5) is 15.3. The number of para-hydroxylation sites is 1. The van der Waals surface area contributed by atoms with Gasteiger partial charge in [-0.05, 0) is 37.3 Å². The fourth-order valence-corrected chi connectivity index (χ4v) is 3.17. The number of nitrogens with one attached hydrogen (secondary N) is 2. The van der Waals surface area contributed by atoms with Crippen molar-refractivity contribution in [2.24, 2.45) is 0 Å². The van der Waals surface area contributed by atoms with E-state index in [0.29, 0.717) is 12.5 Å². The third-order valence-electron chi connectivity index (χ3n) is 4.38. The molecule has 0 saturated heterocycles. The minimum absolute atomic E-state index is 0.141. The molecule has 1 saturated carbocycles. The maximum absolute atomic E-state index is 12.1. The van der Waals surface area contributed by atoms with Crippen LogP contribution in [0.25, 0.3) is 10.9 Å². The average molecular weight is 286 g/mol. The highest BCUT2D eigenvalue weighted by Gasteiger charge is 2.25. The number of fused-ring (bicyclic) bond motifs is 1. The first kappa shape index (κ1) is 14.1. The molecule has 4 nitrogen and oxygen atoms in total. The Labute approximate surface area is 124 Å². The fraction of sp³-hybridized carbons (Fsp3) is 0.471. The highest BCUT2D eigenvalue weighted by Crippen LogP contribution is 2.22. The molecule has 1 aliphatic rings. The Morgan fingerprint density at radius 1 is 1.38 bits per heavy atom. The van der Waals surface area contributed by atoms with Crippen LogP contribution in [0, 0.1) is 0 Å². The standard InChI is InChI=1S/C17H22N2O2/c1-21-14-8-7-13(10-14)19-17(20)9-6-12-11-18-16-5-3-2-4-15(12)16/h2-5,11,13-14,18H,6-10H2,1H3,(H,19,20). The van der Waals surface area contributed by atoms with Gasteiger partial charge < -0.3 is 15.0 Å². The van der Waals surface area contributed by atoms with Gasteiger partial charge in [0.25, 0.3) is 0 Å². The maximum atomic E-state index is 12.1. The molecule has 2 N–H and O–H groups in total. The van der Waals surface area contributed by atoms with Crippen LogP contribution in [0.1, 0.15) is 31.2 Å². The average Bonchev–Trinajstić information content (AvgIpc) is 3.11. The number of aromatic amines is 1. The molecule has 1 aromatic carbocycles. The predicted molar refractivity (Wildman–Crippen MR) is 83.2 cm³/mol. The lowest BCUT2D eigenvalue weighted by Gasteiger charge is -2.12. The number of carbonyl (C=O) groups is 1. The molecule has 3 rings (SSSR count). The first-order valence-corrected chi connectivity index (χ1v) is 7.63. The number of hydrogen-bond donors (Lipinski definition) is 2. The summed E-state index contributed by atoms with van der Waals surface area (Å²) < 4.78 is 5.33. The lowest BCUT2D eigenvalue weighted by atomic mass is 10.1. The molecular weight excluding hydrogens is 264 g/mol. The van der Waals surface area contributed by atoms with E-state index in [-0.39, 0.29) is 11.9 Å². The summed E-state index contributed by atoms with van der Waals surface area (Å²) >= 11 is 0. The van der Waals surface area contributed by atoms with Gasteiger partial charge in [-0.1, -0.05) is 18.2 Å². The molecule has 2 unspecified atom stereocenters. The van der Waals surface area contributed by atoms with Gasteiger partial charge in [0.15, 0.2) is 0 Å². The number of methoxy groups -OCH3 is 1. The topological polar surface area (TPSA) is 54.1 Å². The number of aromatic nitrogens is 1. The molecule has 0 spiro atoms. The van der Waals surface area contributed by atoms with Crippen molar-refractivity contribution in [1.29, 1.82) is 0 Å². The lowest BCUT2D eigenvalue weighted by Crippen LogP contribution is -2.33. The number of amides is 1. The molecule has 1 fully saturated rings. The number of ether oxygens (including phenoxy) is 1. The molecule has 1 aliphatic carbocycles. The summed E-state index contributed by atoms with van der Waals surface area (Å²) in [5.41, 5.74) is 2.34. The molecule has 4 heteroatoms. The Morgan fingerprint density at radius 3 is 3.05 bits per heavy atom. The predicted octanol–water partition coefficient (Wildman–Crippen LogP) is 2.78. The van der Waals surface area contributed by atoms with Crippen molar-refractivity contribution in [2.45, 2.75) is 44.2 Å². The van der Waals surface area contributed by atoms with E-state index in [9.17, 15) is 4.79 Å². The molecule has 0 aliphatic heterocycles. The second-order valence-corrected chi connectivity index (χ2v) is 5.79. The second-order valence-electron chi connectivity index (χ2n) is 5.79. The third-order valence-corrected chi connectivity index (χ3v) is 4.38. The summed E-state index contributed by atoms with van der Waals surface area (Å²) in [7, 11) is 1.74. The van der Waals surface area contributed by atoms with Gasteiger partial charge in [-0.25, -0.2) is 0 Å². The summed E-state index contributed by atoms with van der Waals surface area (Å²) in [5, 5.41) is 4.34. The second kappa shape index (κ2) is 6.31. The molecule has 1 aromatic heterocycles. The first-order chi connectivity index (χ1) is 10.3. The van der Waals surface area contributed by atoms with Crippen molar-refractivity contribution in [2.75, 3.05) is 7.11 Å². The lowest BCUT2D eigenvalue weighted by molar-refractivity contribution is -0.121. The van der Waals surface area contributed by atoms with Crippen LogP contribution < -0.4 is 5.32 Å². The zero-order valence-corrected chi connectivity index (χ0v) is 12.4. The van der Waals surface area contributed by atoms with Crippen LogP contribution in [0.15, 0.2) is 30.5 Å². The van der Waals surface area contributed by atoms with Gasteiger partial charge in [0.1, 0.15) is 0 Å². The number of rotatable bonds is 5. The largest absolute Gasteiger partial charge is 0.381 e. The van der Waals surface area contributed by atoms with Crippen molar-refractivity contribution in [3.63, 3.8) is 0 Å². The summed E-state index contributed by atoms with van der Waals surface area (Å²) in [5.74, 6) is 0.141. The van der Waals surface area contributed by atoms with Crippen LogP contribution in [0.4, 0.5) is 0 Å². The van der Waals surface area contributed by atoms with Crippen molar-refractivity contribution in [1.82, 2.24) is 10.3 Å². The Bertz CT molecular complexity index is 620. The van der Waals surface area contributed by atoms with Gasteiger partial charge >= 0.3 is 0 Å². The number of carbonyl (C=O) groups excluding carboxylic acids is 1. The van der Waals surface area contributed by atoms with E-state index < -0.39 is 0 Å². The van der Waals surface area contributed by atoms with E-state index in [2.05, 4.69) is 22.4 Å². The van der Waals surface area contributed by atoms with Crippen molar-refractivity contribution < 1.29 is 9.53 Å². The van der Waals surface area contributed by atoms with Crippen molar-refractivity contribution in [3.8, 4) is 0 Å². The summed E-state index contributed by atoms with van der Waals surface area (Å²) in [6.45, 7) is 0. The fourth-order valence-electron chi connectivity index (χ4n) is 3.17. The molecule has 1 heterocycles. The van der Waals surface area contributed by atoms with E-state index >= 15 is 0 Å². The molecule has 2 aromatic rings. The van der Waals surface area contributed by atoms with Gasteiger partial charge in [-0.3, -0.25) is 4.79 Å². The van der Waals surface area contributed by atoms with E-state index in [0.717, 1.165) is 31.2 Å². The first-order valence-electron chi connectivity index (χ1n) is 7.63. The Morgan fingerprint density at radius 2 is 2.24 bits per heavy atom. The minimum atomic E-state index is 0.141. The van der Waals surface area contributed by atoms with E-state index in [1.807, 2.05) is 18.3 Å². The zero-order valence-electron chi connectivity index (χ0n) is 12.4. The third kappa shape index (κ3) is 3.27. The number of H-pyrrole nitrogens is 1. The van der Waals surface area contributed by atoms with Crippen LogP contribution in [0.5, 0.6) is 0 Å². The zero-order chi connectivity index (χ0) is 14.7. The number of benzene rings is 1. The molecule has 2 atom stereocenters. The van der Waals surface area contributed by atoms with Gasteiger partial charge in [-0.2, -0.15) is 0 Å². The Hall–Kier alpha value is -1.81. The van der Waals surface area contributed by atoms with Crippen LogP contribution >= 0.6 is 0 Å². The van der Waals surface area contributed by atoms with Crippen LogP contribution in [0.3, 0.4) is 0 Å². The Balaban J connectivity index is 1.52. The van der Waals surface area contributed by atoms with Gasteiger partial charge in [0, 0.05) is 36.7 Å². The van der Waals surface area contributed by atoms with Crippen LogP contribution in [-0.4, -0.2) is 30.1 Å². The monoisotopic (exact) mass is 286 g/mol. The van der Waals surface area contributed by atoms with E-state index in [1.165, 1.54) is 10.9 Å².